The highest BCUT2D eigenvalue weighted by molar-refractivity contribution is 7.80. The van der Waals surface area contributed by atoms with Crippen molar-refractivity contribution in [3.63, 3.8) is 0 Å². The Morgan fingerprint density at radius 1 is 0.727 bits per heavy atom. The lowest BCUT2D eigenvalue weighted by Gasteiger charge is -2.18. The minimum atomic E-state index is -3.51. The Hall–Kier alpha value is -0.128. The number of rotatable bonds is 9. The fraction of sp³-hybridized carbons (Fsp3) is 0.667. The number of hydrogen-bond acceptors (Lipinski definition) is 12. The van der Waals surface area contributed by atoms with Gasteiger partial charge in [0.25, 0.3) is 17.9 Å². The molecule has 3 atom stereocenters. The lowest BCUT2D eigenvalue weighted by Crippen LogP contribution is -2.47. The van der Waals surface area contributed by atoms with E-state index in [-0.39, 0.29) is 17.3 Å². The summed E-state index contributed by atoms with van der Waals surface area (Å²) in [6.07, 6.45) is 0. The van der Waals surface area contributed by atoms with Gasteiger partial charge in [0, 0.05) is 17.3 Å². The molecule has 13 heteroatoms. The molecule has 126 valence electrons. The molecule has 22 heavy (non-hydrogen) atoms. The monoisotopic (exact) mass is 387 g/mol. The minimum Gasteiger partial charge on any atom is -0.550 e. The predicted molar refractivity (Wildman–Crippen MR) is 89.5 cm³/mol. The van der Waals surface area contributed by atoms with Gasteiger partial charge in [0.15, 0.2) is 0 Å². The summed E-state index contributed by atoms with van der Waals surface area (Å²) in [5.74, 6) is -2.79. The van der Waals surface area contributed by atoms with Crippen molar-refractivity contribution >= 4 is 70.9 Å². The third kappa shape index (κ3) is 7.93. The minimum absolute atomic E-state index is 0.00580. The van der Waals surface area contributed by atoms with E-state index in [1.54, 1.807) is 0 Å². The van der Waals surface area contributed by atoms with Crippen LogP contribution in [0.25, 0.3) is 0 Å². The van der Waals surface area contributed by atoms with Gasteiger partial charge >= 0.3 is 15.1 Å². The fourth-order valence-corrected chi connectivity index (χ4v) is 2.53. The molecule has 0 rings (SSSR count). The molecule has 6 N–H and O–H groups in total. The van der Waals surface area contributed by atoms with Gasteiger partial charge in [-0.05, 0) is 0 Å². The first-order valence-electron chi connectivity index (χ1n) is 5.97. The smallest absolute Gasteiger partial charge is 0.550 e. The van der Waals surface area contributed by atoms with Crippen molar-refractivity contribution in [1.82, 2.24) is 0 Å². The highest BCUT2D eigenvalue weighted by Crippen LogP contribution is 2.02. The van der Waals surface area contributed by atoms with Crippen LogP contribution >= 0.6 is 37.9 Å². The quantitative estimate of drug-likeness (QED) is 0.184. The molecule has 0 aliphatic carbocycles. The summed E-state index contributed by atoms with van der Waals surface area (Å²) in [7, 11) is 0. The van der Waals surface area contributed by atoms with Crippen LogP contribution < -0.4 is 17.2 Å². The Bertz CT molecular complexity index is 348. The zero-order valence-corrected chi connectivity index (χ0v) is 15.3. The molecule has 0 radical (unpaired) electrons. The highest BCUT2D eigenvalue weighted by Gasteiger charge is 2.50. The number of carbonyl (C=O) groups excluding carboxylic acids is 3. The summed E-state index contributed by atoms with van der Waals surface area (Å²) in [4.78, 5) is 34.8. The van der Waals surface area contributed by atoms with Crippen molar-refractivity contribution in [3.05, 3.63) is 0 Å². The second kappa shape index (κ2) is 11.4. The van der Waals surface area contributed by atoms with Crippen LogP contribution in [0.1, 0.15) is 0 Å². The van der Waals surface area contributed by atoms with Crippen LogP contribution in [0.5, 0.6) is 0 Å². The average Bonchev–Trinajstić information content (AvgIpc) is 2.51. The van der Waals surface area contributed by atoms with Gasteiger partial charge in [-0.15, -0.1) is 0 Å². The SMILES string of the molecule is N[C@@H](CS)C(=O)[O][Al]([O]C(=O)[C@@H](N)CS)[O]C(=O)[C@@H](N)CS. The third-order valence-electron chi connectivity index (χ3n) is 2.14. The van der Waals surface area contributed by atoms with Gasteiger partial charge in [0.2, 0.25) is 0 Å². The Kier molecular flexibility index (Phi) is 11.3. The summed E-state index contributed by atoms with van der Waals surface area (Å²) >= 11 is 7.97. The zero-order valence-electron chi connectivity index (χ0n) is 11.5. The first kappa shape index (κ1) is 21.9. The van der Waals surface area contributed by atoms with E-state index in [4.69, 9.17) is 28.6 Å². The molecular weight excluding hydrogens is 369 g/mol. The topological polar surface area (TPSA) is 157 Å². The molecule has 0 heterocycles. The van der Waals surface area contributed by atoms with Crippen molar-refractivity contribution < 1.29 is 25.7 Å². The third-order valence-corrected chi connectivity index (χ3v) is 4.59. The van der Waals surface area contributed by atoms with Crippen molar-refractivity contribution in [2.24, 2.45) is 17.2 Å². The molecule has 0 aromatic rings. The van der Waals surface area contributed by atoms with Crippen molar-refractivity contribution in [2.75, 3.05) is 17.3 Å². The Morgan fingerprint density at radius 3 is 1.14 bits per heavy atom. The molecule has 0 aromatic heterocycles. The summed E-state index contributed by atoms with van der Waals surface area (Å²) in [6, 6.07) is -3.19. The van der Waals surface area contributed by atoms with Crippen LogP contribution in [0, 0.1) is 0 Å². The number of nitrogens with two attached hydrogens (primary N) is 3. The lowest BCUT2D eigenvalue weighted by molar-refractivity contribution is -0.149. The highest BCUT2D eigenvalue weighted by atomic mass is 32.1. The molecule has 0 saturated carbocycles. The maximum Gasteiger partial charge on any atom is 1.20 e. The predicted octanol–water partition coefficient (Wildman–Crippen LogP) is -2.63. The molecule has 0 aromatic carbocycles. The van der Waals surface area contributed by atoms with Crippen LogP contribution in [0.4, 0.5) is 0 Å². The number of hydrogen-bond donors (Lipinski definition) is 6. The van der Waals surface area contributed by atoms with Crippen LogP contribution in [-0.4, -0.2) is 68.4 Å². The van der Waals surface area contributed by atoms with Gasteiger partial charge in [-0.2, -0.15) is 37.9 Å². The normalized spacial score (nSPS) is 14.5. The maximum atomic E-state index is 11.6. The molecule has 0 aliphatic heterocycles. The van der Waals surface area contributed by atoms with E-state index in [1.165, 1.54) is 0 Å². The average molecular weight is 387 g/mol. The number of thiol groups is 3. The lowest BCUT2D eigenvalue weighted by atomic mass is 10.4. The molecule has 0 bridgehead atoms. The summed E-state index contributed by atoms with van der Waals surface area (Å²) < 4.78 is 14.4. The van der Waals surface area contributed by atoms with Crippen molar-refractivity contribution in [3.8, 4) is 0 Å². The van der Waals surface area contributed by atoms with E-state index in [0.717, 1.165) is 0 Å². The van der Waals surface area contributed by atoms with E-state index in [9.17, 15) is 14.4 Å². The second-order valence-corrected chi connectivity index (χ2v) is 6.35. The van der Waals surface area contributed by atoms with Crippen LogP contribution in [0.2, 0.25) is 0 Å². The first-order valence-corrected chi connectivity index (χ1v) is 9.28. The van der Waals surface area contributed by atoms with E-state index in [2.05, 4.69) is 37.9 Å². The van der Waals surface area contributed by atoms with Gasteiger partial charge in [-0.1, -0.05) is 0 Å². The largest absolute Gasteiger partial charge is 1.20 e. The van der Waals surface area contributed by atoms with Gasteiger partial charge in [-0.25, -0.2) is 0 Å². The molecule has 0 aliphatic rings. The van der Waals surface area contributed by atoms with Crippen molar-refractivity contribution in [2.45, 2.75) is 18.1 Å². The second-order valence-electron chi connectivity index (χ2n) is 3.97. The molecule has 0 spiro atoms. The van der Waals surface area contributed by atoms with E-state index in [1.807, 2.05) is 0 Å². The molecule has 0 unspecified atom stereocenters. The summed E-state index contributed by atoms with van der Waals surface area (Å²) in [5, 5.41) is 0. The Labute approximate surface area is 149 Å². The van der Waals surface area contributed by atoms with Crippen molar-refractivity contribution in [1.29, 1.82) is 0 Å². The van der Waals surface area contributed by atoms with Gasteiger partial charge in [0.1, 0.15) is 18.1 Å². The number of carbonyl (C=O) groups is 3. The standard InChI is InChI=1S/3C3H7NO2S.Al/c3*4-2(1-7)3(5)6;/h3*2,7H,1,4H2,(H,5,6);/q;;;+3/p-3/t3*2-;/m000./s1. The maximum absolute atomic E-state index is 11.6. The summed E-state index contributed by atoms with van der Waals surface area (Å²) in [6.45, 7) is 0. The Morgan fingerprint density at radius 2 is 0.955 bits per heavy atom. The van der Waals surface area contributed by atoms with E-state index >= 15 is 0 Å². The molecule has 0 fully saturated rings. The van der Waals surface area contributed by atoms with E-state index in [0.29, 0.717) is 0 Å². The van der Waals surface area contributed by atoms with Crippen LogP contribution in [0.15, 0.2) is 0 Å². The fourth-order valence-electron chi connectivity index (χ4n) is 0.842. The first-order chi connectivity index (χ1) is 10.3. The summed E-state index contributed by atoms with van der Waals surface area (Å²) in [5.41, 5.74) is 16.2. The Balaban J connectivity index is 4.86. The zero-order chi connectivity index (χ0) is 17.3. The van der Waals surface area contributed by atoms with Crippen LogP contribution in [-0.2, 0) is 25.7 Å². The molecule has 0 saturated heterocycles. The van der Waals surface area contributed by atoms with E-state index < -0.39 is 51.2 Å². The molecular formula is C9H18AlN3O6S3. The molecule has 9 nitrogen and oxygen atoms in total. The van der Waals surface area contributed by atoms with Crippen LogP contribution in [0.3, 0.4) is 0 Å². The van der Waals surface area contributed by atoms with Gasteiger partial charge in [0.05, 0.1) is 0 Å². The van der Waals surface area contributed by atoms with Gasteiger partial charge < -0.3 is 28.6 Å². The molecule has 0 amide bonds. The van der Waals surface area contributed by atoms with Gasteiger partial charge in [-0.3, -0.25) is 14.4 Å².